The van der Waals surface area contributed by atoms with Crippen LogP contribution in [0.3, 0.4) is 0 Å². The molecular weight excluding hydrogens is 545 g/mol. The molecule has 2 N–H and O–H groups in total. The quantitative estimate of drug-likeness (QED) is 0.180. The number of aryl methyl sites for hydroxylation is 1. The van der Waals surface area contributed by atoms with Crippen LogP contribution in [0.15, 0.2) is 36.7 Å². The highest BCUT2D eigenvalue weighted by molar-refractivity contribution is 6.10. The normalized spacial score (nSPS) is 15.0. The number of nitrogens with one attached hydrogen (secondary N) is 2. The first kappa shape index (κ1) is 29.0. The monoisotopic (exact) mass is 576 g/mol. The molecule has 1 unspecified atom stereocenters. The van der Waals surface area contributed by atoms with Crippen LogP contribution >= 0.6 is 0 Å². The average Bonchev–Trinajstić information content (AvgIpc) is 3.60. The van der Waals surface area contributed by atoms with Crippen molar-refractivity contribution in [3.05, 3.63) is 70.7 Å². The second-order valence-corrected chi connectivity index (χ2v) is 11.9. The van der Waals surface area contributed by atoms with Gasteiger partial charge in [0.15, 0.2) is 5.78 Å². The summed E-state index contributed by atoms with van der Waals surface area (Å²) in [5.41, 5.74) is 1.82. The van der Waals surface area contributed by atoms with Gasteiger partial charge in [0.25, 0.3) is 6.43 Å². The zero-order valence-corrected chi connectivity index (χ0v) is 24.0. The van der Waals surface area contributed by atoms with Gasteiger partial charge in [0.2, 0.25) is 5.95 Å². The van der Waals surface area contributed by atoms with Crippen molar-refractivity contribution in [2.75, 3.05) is 17.2 Å². The minimum absolute atomic E-state index is 0.108. The predicted molar refractivity (Wildman–Crippen MR) is 152 cm³/mol. The maximum Gasteiger partial charge on any atom is 0.263 e. The summed E-state index contributed by atoms with van der Waals surface area (Å²) >= 11 is 0. The lowest BCUT2D eigenvalue weighted by molar-refractivity contribution is 0.0593. The van der Waals surface area contributed by atoms with Gasteiger partial charge in [-0.1, -0.05) is 32.1 Å². The van der Waals surface area contributed by atoms with E-state index >= 15 is 0 Å². The molecular formula is C30H31F3N8O. The van der Waals surface area contributed by atoms with E-state index in [9.17, 15) is 23.2 Å². The van der Waals surface area contributed by atoms with E-state index in [0.717, 1.165) is 0 Å². The summed E-state index contributed by atoms with van der Waals surface area (Å²) in [6.45, 7) is 9.78. The van der Waals surface area contributed by atoms with E-state index in [1.807, 2.05) is 0 Å². The molecule has 0 saturated heterocycles. The molecule has 0 spiro atoms. The van der Waals surface area contributed by atoms with Gasteiger partial charge in [0, 0.05) is 40.6 Å². The Kier molecular flexibility index (Phi) is 7.39. The van der Waals surface area contributed by atoms with Crippen LogP contribution in [0.2, 0.25) is 0 Å². The molecule has 3 heterocycles. The van der Waals surface area contributed by atoms with Crippen molar-refractivity contribution in [3.63, 3.8) is 0 Å². The van der Waals surface area contributed by atoms with Gasteiger partial charge < -0.3 is 10.6 Å². The highest BCUT2D eigenvalue weighted by Gasteiger charge is 2.54. The van der Waals surface area contributed by atoms with Gasteiger partial charge in [0.05, 0.1) is 29.0 Å². The van der Waals surface area contributed by atoms with Gasteiger partial charge in [-0.2, -0.15) is 9.65 Å². The van der Waals surface area contributed by atoms with Gasteiger partial charge in [0.1, 0.15) is 17.3 Å². The number of anilines is 2. The Bertz CT molecular complexity index is 1720. The van der Waals surface area contributed by atoms with Crippen molar-refractivity contribution in [3.8, 4) is 6.07 Å². The van der Waals surface area contributed by atoms with Gasteiger partial charge in [-0.15, -0.1) is 5.10 Å². The first-order chi connectivity index (χ1) is 19.8. The molecule has 0 radical (unpaired) electrons. The number of hydrogen-bond acceptors (Lipinski definition) is 8. The van der Waals surface area contributed by atoms with Gasteiger partial charge in [-0.3, -0.25) is 9.78 Å². The van der Waals surface area contributed by atoms with E-state index in [1.54, 1.807) is 25.1 Å². The summed E-state index contributed by atoms with van der Waals surface area (Å²) in [7, 11) is 0. The maximum absolute atomic E-state index is 14.0. The van der Waals surface area contributed by atoms with Crippen LogP contribution < -0.4 is 10.6 Å². The molecule has 1 saturated carbocycles. The Hall–Kier alpha value is -4.53. The predicted octanol–water partition coefficient (Wildman–Crippen LogP) is 6.16. The Morgan fingerprint density at radius 1 is 1.24 bits per heavy atom. The second-order valence-electron chi connectivity index (χ2n) is 11.9. The van der Waals surface area contributed by atoms with Gasteiger partial charge in [-0.05, 0) is 50.3 Å². The Balaban J connectivity index is 1.66. The fourth-order valence-corrected chi connectivity index (χ4v) is 4.91. The minimum Gasteiger partial charge on any atom is -0.383 e. The number of nitriles is 1. The van der Waals surface area contributed by atoms with E-state index in [1.165, 1.54) is 30.1 Å². The van der Waals surface area contributed by atoms with E-state index in [0.29, 0.717) is 56.9 Å². The molecule has 4 aromatic rings. The average molecular weight is 577 g/mol. The number of nitrogens with zero attached hydrogens (tertiary/aromatic N) is 6. The molecule has 1 aliphatic rings. The fourth-order valence-electron chi connectivity index (χ4n) is 4.91. The third-order valence-electron chi connectivity index (χ3n) is 7.41. The smallest absolute Gasteiger partial charge is 0.263 e. The van der Waals surface area contributed by atoms with E-state index in [-0.39, 0.29) is 24.0 Å². The van der Waals surface area contributed by atoms with Crippen LogP contribution in [-0.2, 0) is 5.54 Å². The van der Waals surface area contributed by atoms with E-state index in [2.05, 4.69) is 57.8 Å². The third kappa shape index (κ3) is 5.51. The molecule has 0 bridgehead atoms. The van der Waals surface area contributed by atoms with Crippen molar-refractivity contribution in [1.82, 2.24) is 25.0 Å². The van der Waals surface area contributed by atoms with Crippen LogP contribution in [0.1, 0.15) is 79.5 Å². The topological polar surface area (TPSA) is 121 Å². The number of hydrogen-bond donors (Lipinski definition) is 2. The zero-order valence-electron chi connectivity index (χ0n) is 24.0. The summed E-state index contributed by atoms with van der Waals surface area (Å²) in [6, 6.07) is 7.56. The molecule has 1 atom stereocenters. The van der Waals surface area contributed by atoms with Crippen LogP contribution in [-0.4, -0.2) is 43.7 Å². The van der Waals surface area contributed by atoms with Gasteiger partial charge >= 0.3 is 0 Å². The Morgan fingerprint density at radius 3 is 2.57 bits per heavy atom. The van der Waals surface area contributed by atoms with Crippen molar-refractivity contribution >= 4 is 28.1 Å². The molecule has 0 amide bonds. The second kappa shape index (κ2) is 10.7. The molecule has 1 fully saturated rings. The SMILES string of the molecule is CC(=O)c1cc(NC(c2cn(C3(C(F)F)CC3)nn2)c2ccc(F)nc2C)cc2c(NCC(C)(C)C)c(C#N)cnc12. The molecule has 9 nitrogen and oxygen atoms in total. The van der Waals surface area contributed by atoms with Crippen molar-refractivity contribution in [1.29, 1.82) is 5.26 Å². The van der Waals surface area contributed by atoms with Crippen LogP contribution in [0.5, 0.6) is 0 Å². The van der Waals surface area contributed by atoms with E-state index in [4.69, 9.17) is 0 Å². The maximum atomic E-state index is 14.0. The van der Waals surface area contributed by atoms with Crippen LogP contribution in [0.4, 0.5) is 24.5 Å². The number of Topliss-reactive ketones (excluding diaryl/α,β-unsaturated/α-hetero) is 1. The summed E-state index contributed by atoms with van der Waals surface area (Å²) in [5, 5.41) is 25.4. The number of fused-ring (bicyclic) bond motifs is 1. The van der Waals surface area contributed by atoms with Crippen LogP contribution in [0, 0.1) is 29.6 Å². The molecule has 218 valence electrons. The number of benzene rings is 1. The largest absolute Gasteiger partial charge is 0.383 e. The number of carbonyl (C=O) groups excluding carboxylic acids is 1. The minimum atomic E-state index is -2.60. The number of rotatable bonds is 9. The summed E-state index contributed by atoms with van der Waals surface area (Å²) in [6.07, 6.45) is 0.880. The zero-order chi connectivity index (χ0) is 30.4. The van der Waals surface area contributed by atoms with E-state index < -0.39 is 24.0 Å². The molecule has 0 aliphatic heterocycles. The first-order valence-corrected chi connectivity index (χ1v) is 13.5. The molecule has 1 aliphatic carbocycles. The summed E-state index contributed by atoms with van der Waals surface area (Å²) in [5.74, 6) is -0.903. The molecule has 3 aromatic heterocycles. The molecule has 5 rings (SSSR count). The Labute approximate surface area is 241 Å². The lowest BCUT2D eigenvalue weighted by atomic mass is 9.96. The van der Waals surface area contributed by atoms with Crippen molar-refractivity contribution < 1.29 is 18.0 Å². The van der Waals surface area contributed by atoms with Crippen molar-refractivity contribution in [2.45, 2.75) is 65.5 Å². The Morgan fingerprint density at radius 2 is 1.98 bits per heavy atom. The standard InChI is InChI=1S/C30H31F3N8O/c1-16-20(6-7-24(31)37-16)27(23-14-41(40-39-23)30(8-9-30)28(32)33)38-19-10-21(17(2)42)26-22(11-19)25(18(12-34)13-35-26)36-15-29(3,4)5/h6-7,10-11,13-14,27-28,38H,8-9,15H2,1-5H3,(H,35,36). The molecule has 12 heteroatoms. The van der Waals surface area contributed by atoms with Gasteiger partial charge in [-0.25, -0.2) is 18.4 Å². The number of ketones is 1. The summed E-state index contributed by atoms with van der Waals surface area (Å²) < 4.78 is 42.8. The number of alkyl halides is 2. The number of carbonyl (C=O) groups is 1. The molecule has 1 aromatic carbocycles. The third-order valence-corrected chi connectivity index (χ3v) is 7.41. The lowest BCUT2D eigenvalue weighted by Crippen LogP contribution is -2.26. The molecule has 42 heavy (non-hydrogen) atoms. The number of halogens is 3. The summed E-state index contributed by atoms with van der Waals surface area (Å²) in [4.78, 5) is 21.2. The highest BCUT2D eigenvalue weighted by Crippen LogP contribution is 2.48. The first-order valence-electron chi connectivity index (χ1n) is 13.5. The van der Waals surface area contributed by atoms with Crippen LogP contribution in [0.25, 0.3) is 10.9 Å². The van der Waals surface area contributed by atoms with Crippen molar-refractivity contribution in [2.24, 2.45) is 5.41 Å². The fraction of sp³-hybridized carbons (Fsp3) is 0.400. The highest BCUT2D eigenvalue weighted by atomic mass is 19.3. The number of aromatic nitrogens is 5. The lowest BCUT2D eigenvalue weighted by Gasteiger charge is -2.23. The number of pyridine rings is 2.